The summed E-state index contributed by atoms with van der Waals surface area (Å²) in [6.45, 7) is 10.0. The fraction of sp³-hybridized carbons (Fsp3) is 0.485. The van der Waals surface area contributed by atoms with Gasteiger partial charge >= 0.3 is 0 Å². The topological polar surface area (TPSA) is 69.4 Å². The number of nitrogens with one attached hydrogen (secondary N) is 2. The van der Waals surface area contributed by atoms with Crippen LogP contribution in [0.3, 0.4) is 0 Å². The number of aryl methyl sites for hydroxylation is 2. The highest BCUT2D eigenvalue weighted by Crippen LogP contribution is 2.38. The molecule has 4 heterocycles. The lowest BCUT2D eigenvalue weighted by molar-refractivity contribution is 0.0841. The summed E-state index contributed by atoms with van der Waals surface area (Å²) in [5.41, 5.74) is 7.62. The number of nitrogens with zero attached hydrogens (tertiary/aromatic N) is 3. The third-order valence-corrected chi connectivity index (χ3v) is 9.18. The SMILES string of the molecule is CCc1c(-c2ccc(OC)c(OC)c2)[nH]c2ccc(C3CCN(C4CCN(Cc5cnc(C)[nH]5)CC4)CC3)cc12. The highest BCUT2D eigenvalue weighted by molar-refractivity contribution is 5.91. The number of fused-ring (bicyclic) bond motifs is 1. The first kappa shape index (κ1) is 26.9. The maximum Gasteiger partial charge on any atom is 0.161 e. The Kier molecular flexibility index (Phi) is 7.85. The first-order valence-corrected chi connectivity index (χ1v) is 14.9. The number of methoxy groups -OCH3 is 2. The number of rotatable bonds is 8. The molecule has 2 aromatic heterocycles. The maximum atomic E-state index is 5.58. The molecular formula is C33H43N5O2. The van der Waals surface area contributed by atoms with Crippen molar-refractivity contribution in [3.8, 4) is 22.8 Å². The molecule has 0 spiro atoms. The van der Waals surface area contributed by atoms with E-state index in [4.69, 9.17) is 9.47 Å². The molecule has 7 nitrogen and oxygen atoms in total. The molecule has 0 aliphatic carbocycles. The molecule has 0 atom stereocenters. The molecule has 7 heteroatoms. The maximum absolute atomic E-state index is 5.58. The smallest absolute Gasteiger partial charge is 0.161 e. The molecule has 2 aliphatic rings. The van der Waals surface area contributed by atoms with E-state index < -0.39 is 0 Å². The van der Waals surface area contributed by atoms with Gasteiger partial charge in [-0.05, 0) is 99.5 Å². The van der Waals surface area contributed by atoms with Gasteiger partial charge in [-0.25, -0.2) is 4.98 Å². The van der Waals surface area contributed by atoms with Gasteiger partial charge in [-0.15, -0.1) is 0 Å². The molecule has 2 aromatic carbocycles. The fourth-order valence-electron chi connectivity index (χ4n) is 6.96. The highest BCUT2D eigenvalue weighted by Gasteiger charge is 2.29. The van der Waals surface area contributed by atoms with Crippen molar-refractivity contribution in [1.82, 2.24) is 24.8 Å². The minimum Gasteiger partial charge on any atom is -0.493 e. The molecule has 0 bridgehead atoms. The van der Waals surface area contributed by atoms with E-state index in [1.54, 1.807) is 14.2 Å². The number of aromatic amines is 2. The highest BCUT2D eigenvalue weighted by atomic mass is 16.5. The standard InChI is InChI=1S/C33H43N5O2/c1-5-28-29-18-24(6-8-30(29)36-33(28)25-7-9-31(39-3)32(19-25)40-4)23-10-16-38(17-11-23)27-12-14-37(15-13-27)21-26-20-34-22(2)35-26/h6-9,18-20,23,27,36H,5,10-17,21H2,1-4H3,(H,34,35). The molecule has 0 amide bonds. The number of ether oxygens (including phenoxy) is 2. The van der Waals surface area contributed by atoms with E-state index in [9.17, 15) is 0 Å². The average Bonchev–Trinajstić information content (AvgIpc) is 3.59. The van der Waals surface area contributed by atoms with Gasteiger partial charge in [0.05, 0.1) is 14.2 Å². The molecule has 40 heavy (non-hydrogen) atoms. The second-order valence-electron chi connectivity index (χ2n) is 11.5. The van der Waals surface area contributed by atoms with Crippen molar-refractivity contribution in [2.75, 3.05) is 40.4 Å². The Hall–Kier alpha value is -3.29. The predicted molar refractivity (Wildman–Crippen MR) is 161 cm³/mol. The monoisotopic (exact) mass is 541 g/mol. The van der Waals surface area contributed by atoms with E-state index in [0.717, 1.165) is 41.9 Å². The van der Waals surface area contributed by atoms with E-state index in [1.165, 1.54) is 85.3 Å². The Bertz CT molecular complexity index is 1440. The first-order chi connectivity index (χ1) is 19.6. The van der Waals surface area contributed by atoms with Crippen molar-refractivity contribution in [3.63, 3.8) is 0 Å². The first-order valence-electron chi connectivity index (χ1n) is 14.9. The summed E-state index contributed by atoms with van der Waals surface area (Å²) in [5.74, 6) is 3.15. The van der Waals surface area contributed by atoms with Crippen LogP contribution in [-0.2, 0) is 13.0 Å². The van der Waals surface area contributed by atoms with E-state index in [0.29, 0.717) is 5.92 Å². The van der Waals surface area contributed by atoms with Crippen LogP contribution >= 0.6 is 0 Å². The summed E-state index contributed by atoms with van der Waals surface area (Å²) < 4.78 is 11.0. The van der Waals surface area contributed by atoms with Gasteiger partial charge in [0.15, 0.2) is 11.5 Å². The fourth-order valence-corrected chi connectivity index (χ4v) is 6.96. The summed E-state index contributed by atoms with van der Waals surface area (Å²) >= 11 is 0. The molecule has 2 aliphatic heterocycles. The van der Waals surface area contributed by atoms with Crippen LogP contribution in [-0.4, -0.2) is 71.2 Å². The number of hydrogen-bond acceptors (Lipinski definition) is 5. The summed E-state index contributed by atoms with van der Waals surface area (Å²) in [7, 11) is 3.37. The zero-order chi connectivity index (χ0) is 27.6. The van der Waals surface area contributed by atoms with Gasteiger partial charge in [-0.1, -0.05) is 13.0 Å². The van der Waals surface area contributed by atoms with Crippen molar-refractivity contribution in [2.24, 2.45) is 0 Å². The molecular weight excluding hydrogens is 498 g/mol. The number of piperidine rings is 2. The van der Waals surface area contributed by atoms with Crippen LogP contribution in [0.2, 0.25) is 0 Å². The summed E-state index contributed by atoms with van der Waals surface area (Å²) in [4.78, 5) is 16.8. The lowest BCUT2D eigenvalue weighted by Crippen LogP contribution is -2.47. The van der Waals surface area contributed by atoms with E-state index in [2.05, 4.69) is 62.0 Å². The number of aromatic nitrogens is 3. The molecule has 0 unspecified atom stereocenters. The van der Waals surface area contributed by atoms with Gasteiger partial charge in [0, 0.05) is 59.7 Å². The molecule has 212 valence electrons. The summed E-state index contributed by atoms with van der Waals surface area (Å²) in [6.07, 6.45) is 7.99. The average molecular weight is 542 g/mol. The van der Waals surface area contributed by atoms with Crippen molar-refractivity contribution >= 4 is 10.9 Å². The van der Waals surface area contributed by atoms with Crippen molar-refractivity contribution in [3.05, 3.63) is 65.2 Å². The zero-order valence-corrected chi connectivity index (χ0v) is 24.4. The van der Waals surface area contributed by atoms with Gasteiger partial charge in [0.2, 0.25) is 0 Å². The van der Waals surface area contributed by atoms with Crippen molar-refractivity contribution in [1.29, 1.82) is 0 Å². The van der Waals surface area contributed by atoms with Crippen LogP contribution in [0.4, 0.5) is 0 Å². The van der Waals surface area contributed by atoms with Gasteiger partial charge in [-0.3, -0.25) is 4.90 Å². The van der Waals surface area contributed by atoms with Crippen LogP contribution in [0.15, 0.2) is 42.6 Å². The van der Waals surface area contributed by atoms with Crippen molar-refractivity contribution < 1.29 is 9.47 Å². The van der Waals surface area contributed by atoms with E-state index >= 15 is 0 Å². The Balaban J connectivity index is 1.11. The van der Waals surface area contributed by atoms with Gasteiger partial charge < -0.3 is 24.3 Å². The third-order valence-electron chi connectivity index (χ3n) is 9.18. The summed E-state index contributed by atoms with van der Waals surface area (Å²) in [6, 6.07) is 14.0. The number of benzene rings is 2. The Labute approximate surface area is 237 Å². The second-order valence-corrected chi connectivity index (χ2v) is 11.5. The molecule has 2 fully saturated rings. The lowest BCUT2D eigenvalue weighted by Gasteiger charge is -2.42. The van der Waals surface area contributed by atoms with Gasteiger partial charge in [-0.2, -0.15) is 0 Å². The second kappa shape index (κ2) is 11.7. The molecule has 6 rings (SSSR count). The van der Waals surface area contributed by atoms with Crippen LogP contribution in [0.5, 0.6) is 11.5 Å². The van der Waals surface area contributed by atoms with Crippen LogP contribution in [0.1, 0.15) is 61.2 Å². The molecule has 0 radical (unpaired) electrons. The number of hydrogen-bond donors (Lipinski definition) is 2. The normalized spacial score (nSPS) is 18.0. The van der Waals surface area contributed by atoms with Crippen LogP contribution in [0, 0.1) is 6.92 Å². The van der Waals surface area contributed by atoms with Gasteiger partial charge in [0.1, 0.15) is 5.82 Å². The van der Waals surface area contributed by atoms with Crippen LogP contribution in [0.25, 0.3) is 22.2 Å². The molecule has 0 saturated carbocycles. The predicted octanol–water partition coefficient (Wildman–Crippen LogP) is 6.29. The quantitative estimate of drug-likeness (QED) is 0.274. The van der Waals surface area contributed by atoms with E-state index in [1.807, 2.05) is 19.2 Å². The minimum atomic E-state index is 0.633. The molecule has 2 N–H and O–H groups in total. The third kappa shape index (κ3) is 5.37. The number of H-pyrrole nitrogens is 2. The Morgan fingerprint density at radius 2 is 1.68 bits per heavy atom. The minimum absolute atomic E-state index is 0.633. The van der Waals surface area contributed by atoms with Crippen LogP contribution < -0.4 is 9.47 Å². The van der Waals surface area contributed by atoms with E-state index in [-0.39, 0.29) is 0 Å². The number of likely N-dealkylation sites (tertiary alicyclic amines) is 2. The van der Waals surface area contributed by atoms with Gasteiger partial charge in [0.25, 0.3) is 0 Å². The number of imidazole rings is 1. The molecule has 4 aromatic rings. The van der Waals surface area contributed by atoms with Crippen molar-refractivity contribution in [2.45, 2.75) is 64.5 Å². The zero-order valence-electron chi connectivity index (χ0n) is 24.4. The summed E-state index contributed by atoms with van der Waals surface area (Å²) in [5, 5.41) is 1.35. The molecule has 2 saturated heterocycles. The lowest BCUT2D eigenvalue weighted by atomic mass is 9.87. The Morgan fingerprint density at radius 1 is 0.900 bits per heavy atom. The Morgan fingerprint density at radius 3 is 2.35 bits per heavy atom. The largest absolute Gasteiger partial charge is 0.493 e.